The molecule has 0 spiro atoms. The number of aromatic nitrogens is 2. The Morgan fingerprint density at radius 1 is 1.50 bits per heavy atom. The molecule has 2 aromatic heterocycles. The summed E-state index contributed by atoms with van der Waals surface area (Å²) in [6.07, 6.45) is 7.84. The van der Waals surface area contributed by atoms with Crippen LogP contribution in [0.2, 0.25) is 0 Å². The first-order valence-electron chi connectivity index (χ1n) is 6.63. The van der Waals surface area contributed by atoms with Crippen LogP contribution in [0.15, 0.2) is 24.5 Å². The van der Waals surface area contributed by atoms with Crippen molar-refractivity contribution in [3.05, 3.63) is 35.8 Å². The Labute approximate surface area is 107 Å². The molecule has 1 unspecified atom stereocenters. The average Bonchev–Trinajstić information content (AvgIpc) is 2.95. The molecule has 3 rings (SSSR count). The highest BCUT2D eigenvalue weighted by Crippen LogP contribution is 2.19. The van der Waals surface area contributed by atoms with Crippen molar-refractivity contribution in [1.29, 1.82) is 0 Å². The van der Waals surface area contributed by atoms with Crippen molar-refractivity contribution in [2.45, 2.75) is 31.8 Å². The van der Waals surface area contributed by atoms with E-state index in [1.807, 2.05) is 6.20 Å². The van der Waals surface area contributed by atoms with E-state index in [4.69, 9.17) is 10.7 Å². The monoisotopic (exact) mass is 244 g/mol. The highest BCUT2D eigenvalue weighted by molar-refractivity contribution is 5.43. The van der Waals surface area contributed by atoms with Gasteiger partial charge < -0.3 is 15.0 Å². The molecule has 1 fully saturated rings. The summed E-state index contributed by atoms with van der Waals surface area (Å²) < 4.78 is 2.09. The van der Waals surface area contributed by atoms with Gasteiger partial charge in [0.15, 0.2) is 0 Å². The molecule has 1 aliphatic rings. The first-order valence-corrected chi connectivity index (χ1v) is 6.63. The summed E-state index contributed by atoms with van der Waals surface area (Å²) in [7, 11) is 2.21. The van der Waals surface area contributed by atoms with Gasteiger partial charge in [-0.2, -0.15) is 0 Å². The maximum atomic E-state index is 5.65. The molecule has 1 aliphatic heterocycles. The fourth-order valence-corrected chi connectivity index (χ4v) is 2.78. The zero-order valence-electron chi connectivity index (χ0n) is 10.8. The number of likely N-dealkylation sites (N-methyl/N-ethyl adjacent to an activating group) is 1. The maximum absolute atomic E-state index is 5.65. The second-order valence-electron chi connectivity index (χ2n) is 5.22. The molecule has 0 aliphatic carbocycles. The molecule has 4 nitrogen and oxygen atoms in total. The highest BCUT2D eigenvalue weighted by atomic mass is 15.1. The van der Waals surface area contributed by atoms with Crippen LogP contribution in [-0.2, 0) is 13.0 Å². The maximum Gasteiger partial charge on any atom is 0.137 e. The largest absolute Gasteiger partial charge is 0.326 e. The minimum atomic E-state index is 0.573. The van der Waals surface area contributed by atoms with Crippen molar-refractivity contribution in [2.75, 3.05) is 13.6 Å². The molecule has 4 heteroatoms. The summed E-state index contributed by atoms with van der Waals surface area (Å²) >= 11 is 0. The van der Waals surface area contributed by atoms with E-state index in [0.29, 0.717) is 12.6 Å². The van der Waals surface area contributed by atoms with E-state index >= 15 is 0 Å². The van der Waals surface area contributed by atoms with Crippen molar-refractivity contribution in [2.24, 2.45) is 5.73 Å². The molecular weight excluding hydrogens is 224 g/mol. The summed E-state index contributed by atoms with van der Waals surface area (Å²) in [5, 5.41) is 0. The Morgan fingerprint density at radius 3 is 3.11 bits per heavy atom. The van der Waals surface area contributed by atoms with Gasteiger partial charge in [-0.25, -0.2) is 4.98 Å². The van der Waals surface area contributed by atoms with Gasteiger partial charge in [0.25, 0.3) is 0 Å². The van der Waals surface area contributed by atoms with E-state index in [2.05, 4.69) is 34.7 Å². The minimum absolute atomic E-state index is 0.573. The number of nitrogens with two attached hydrogens (primary N) is 1. The van der Waals surface area contributed by atoms with Gasteiger partial charge in [0.2, 0.25) is 0 Å². The highest BCUT2D eigenvalue weighted by Gasteiger charge is 2.21. The number of nitrogens with zero attached hydrogens (tertiary/aromatic N) is 3. The lowest BCUT2D eigenvalue weighted by Crippen LogP contribution is -2.26. The summed E-state index contributed by atoms with van der Waals surface area (Å²) in [6, 6.07) is 4.78. The Morgan fingerprint density at radius 2 is 2.39 bits per heavy atom. The number of fused-ring (bicyclic) bond motifs is 1. The Hall–Kier alpha value is -1.39. The van der Waals surface area contributed by atoms with Crippen LogP contribution in [0.3, 0.4) is 0 Å². The van der Waals surface area contributed by atoms with E-state index < -0.39 is 0 Å². The van der Waals surface area contributed by atoms with Crippen molar-refractivity contribution in [3.8, 4) is 0 Å². The fraction of sp³-hybridized carbons (Fsp3) is 0.500. The number of hydrogen-bond donors (Lipinski definition) is 1. The first kappa shape index (κ1) is 11.7. The third-order valence-electron chi connectivity index (χ3n) is 3.93. The SMILES string of the molecule is CN1CCCC1Cc1cn2ccc(CN)cc2n1. The van der Waals surface area contributed by atoms with Gasteiger partial charge in [0.1, 0.15) is 5.65 Å². The zero-order valence-corrected chi connectivity index (χ0v) is 10.8. The van der Waals surface area contributed by atoms with Crippen molar-refractivity contribution < 1.29 is 0 Å². The van der Waals surface area contributed by atoms with E-state index in [1.54, 1.807) is 0 Å². The molecule has 0 aromatic carbocycles. The third-order valence-corrected chi connectivity index (χ3v) is 3.93. The van der Waals surface area contributed by atoms with Crippen molar-refractivity contribution in [1.82, 2.24) is 14.3 Å². The van der Waals surface area contributed by atoms with Gasteiger partial charge in [-0.15, -0.1) is 0 Å². The molecule has 0 bridgehead atoms. The normalized spacial score (nSPS) is 20.9. The lowest BCUT2D eigenvalue weighted by Gasteiger charge is -2.17. The smallest absolute Gasteiger partial charge is 0.137 e. The van der Waals surface area contributed by atoms with Crippen LogP contribution in [0.1, 0.15) is 24.1 Å². The number of imidazole rings is 1. The van der Waals surface area contributed by atoms with E-state index in [0.717, 1.165) is 17.6 Å². The van der Waals surface area contributed by atoms with E-state index in [1.165, 1.54) is 25.1 Å². The summed E-state index contributed by atoms with van der Waals surface area (Å²) in [4.78, 5) is 7.14. The number of likely N-dealkylation sites (tertiary alicyclic amines) is 1. The lowest BCUT2D eigenvalue weighted by atomic mass is 10.1. The van der Waals surface area contributed by atoms with Gasteiger partial charge in [0, 0.05) is 31.4 Å². The summed E-state index contributed by atoms with van der Waals surface area (Å²) in [5.74, 6) is 0. The number of hydrogen-bond acceptors (Lipinski definition) is 3. The number of rotatable bonds is 3. The molecule has 1 atom stereocenters. The molecule has 1 saturated heterocycles. The predicted molar refractivity (Wildman–Crippen MR) is 72.4 cm³/mol. The summed E-state index contributed by atoms with van der Waals surface area (Å²) in [6.45, 7) is 1.79. The van der Waals surface area contributed by atoms with Crippen LogP contribution < -0.4 is 5.73 Å². The fourth-order valence-electron chi connectivity index (χ4n) is 2.78. The quantitative estimate of drug-likeness (QED) is 0.888. The van der Waals surface area contributed by atoms with Crippen LogP contribution in [0, 0.1) is 0 Å². The molecule has 0 amide bonds. The topological polar surface area (TPSA) is 46.6 Å². The second kappa shape index (κ2) is 4.71. The standard InChI is InChI=1S/C14H20N4/c1-17-5-2-3-13(17)8-12-10-18-6-4-11(9-15)7-14(18)16-12/h4,6-7,10,13H,2-3,5,8-9,15H2,1H3. The molecule has 0 radical (unpaired) electrons. The van der Waals surface area contributed by atoms with Gasteiger partial charge in [-0.1, -0.05) is 0 Å². The molecular formula is C14H20N4. The molecule has 18 heavy (non-hydrogen) atoms. The average molecular weight is 244 g/mol. The van der Waals surface area contributed by atoms with Gasteiger partial charge in [0.05, 0.1) is 5.69 Å². The van der Waals surface area contributed by atoms with E-state index in [-0.39, 0.29) is 0 Å². The number of pyridine rings is 1. The van der Waals surface area contributed by atoms with Crippen LogP contribution in [0.5, 0.6) is 0 Å². The molecule has 2 N–H and O–H groups in total. The zero-order chi connectivity index (χ0) is 12.5. The Bertz CT molecular complexity index is 546. The van der Waals surface area contributed by atoms with Gasteiger partial charge in [-0.3, -0.25) is 0 Å². The van der Waals surface area contributed by atoms with Crippen LogP contribution in [0.4, 0.5) is 0 Å². The van der Waals surface area contributed by atoms with Crippen LogP contribution in [-0.4, -0.2) is 33.9 Å². The first-order chi connectivity index (χ1) is 8.76. The van der Waals surface area contributed by atoms with E-state index in [9.17, 15) is 0 Å². The van der Waals surface area contributed by atoms with Crippen molar-refractivity contribution in [3.63, 3.8) is 0 Å². The predicted octanol–water partition coefficient (Wildman–Crippen LogP) is 1.43. The van der Waals surface area contributed by atoms with Gasteiger partial charge >= 0.3 is 0 Å². The van der Waals surface area contributed by atoms with Crippen LogP contribution in [0.25, 0.3) is 5.65 Å². The second-order valence-corrected chi connectivity index (χ2v) is 5.22. The van der Waals surface area contributed by atoms with Crippen molar-refractivity contribution >= 4 is 5.65 Å². The molecule has 3 heterocycles. The van der Waals surface area contributed by atoms with Crippen LogP contribution >= 0.6 is 0 Å². The lowest BCUT2D eigenvalue weighted by molar-refractivity contribution is 0.308. The summed E-state index contributed by atoms with van der Waals surface area (Å²) in [5.41, 5.74) is 8.98. The third kappa shape index (κ3) is 2.13. The molecule has 2 aromatic rings. The minimum Gasteiger partial charge on any atom is -0.326 e. The van der Waals surface area contributed by atoms with Gasteiger partial charge in [-0.05, 0) is 44.1 Å². The Balaban J connectivity index is 1.84. The molecule has 0 saturated carbocycles. The molecule has 96 valence electrons. The Kier molecular flexibility index (Phi) is 3.06.